The summed E-state index contributed by atoms with van der Waals surface area (Å²) < 4.78 is 6.43. The van der Waals surface area contributed by atoms with Gasteiger partial charge in [0, 0.05) is 11.0 Å². The Labute approximate surface area is 85.8 Å². The predicted octanol–water partition coefficient (Wildman–Crippen LogP) is 2.20. The number of hydrogen-bond donors (Lipinski definition) is 2. The van der Waals surface area contributed by atoms with E-state index in [0.29, 0.717) is 13.2 Å². The number of hydroxylamine groups is 1. The van der Waals surface area contributed by atoms with Gasteiger partial charge in [0.1, 0.15) is 5.75 Å². The van der Waals surface area contributed by atoms with Crippen molar-refractivity contribution in [3.63, 3.8) is 0 Å². The van der Waals surface area contributed by atoms with Crippen LogP contribution in [0.4, 0.5) is 0 Å². The van der Waals surface area contributed by atoms with E-state index < -0.39 is 0 Å². The molecule has 3 nitrogen and oxygen atoms in total. The lowest BCUT2D eigenvalue weighted by Gasteiger charge is -2.04. The van der Waals surface area contributed by atoms with Gasteiger partial charge in [-0.25, -0.2) is 5.48 Å². The zero-order valence-corrected chi connectivity index (χ0v) is 8.75. The molecule has 0 aliphatic carbocycles. The van der Waals surface area contributed by atoms with Gasteiger partial charge in [0.25, 0.3) is 0 Å². The van der Waals surface area contributed by atoms with Crippen molar-refractivity contribution in [1.82, 2.24) is 5.48 Å². The van der Waals surface area contributed by atoms with E-state index in [9.17, 15) is 0 Å². The van der Waals surface area contributed by atoms with Crippen molar-refractivity contribution in [2.75, 3.05) is 13.2 Å². The van der Waals surface area contributed by atoms with Crippen molar-refractivity contribution < 1.29 is 9.94 Å². The van der Waals surface area contributed by atoms with E-state index in [1.165, 1.54) is 0 Å². The number of rotatable bonds is 5. The largest absolute Gasteiger partial charge is 0.494 e. The van der Waals surface area contributed by atoms with E-state index in [1.807, 2.05) is 24.3 Å². The van der Waals surface area contributed by atoms with Crippen LogP contribution in [0.15, 0.2) is 28.7 Å². The topological polar surface area (TPSA) is 41.5 Å². The molecule has 1 rings (SSSR count). The minimum Gasteiger partial charge on any atom is -0.494 e. The lowest BCUT2D eigenvalue weighted by atomic mass is 10.3. The van der Waals surface area contributed by atoms with Gasteiger partial charge in [-0.3, -0.25) is 0 Å². The minimum absolute atomic E-state index is 0.552. The fourth-order valence-corrected chi connectivity index (χ4v) is 1.14. The summed E-state index contributed by atoms with van der Waals surface area (Å²) in [5, 5.41) is 8.29. The van der Waals surface area contributed by atoms with Gasteiger partial charge < -0.3 is 9.94 Å². The van der Waals surface area contributed by atoms with Crippen LogP contribution in [0, 0.1) is 0 Å². The lowest BCUT2D eigenvalue weighted by Crippen LogP contribution is -2.12. The Morgan fingerprint density at radius 1 is 1.31 bits per heavy atom. The van der Waals surface area contributed by atoms with Crippen LogP contribution in [-0.2, 0) is 0 Å². The van der Waals surface area contributed by atoms with Gasteiger partial charge in [-0.1, -0.05) is 15.9 Å². The van der Waals surface area contributed by atoms with E-state index in [0.717, 1.165) is 16.6 Å². The molecule has 0 heterocycles. The first kappa shape index (κ1) is 10.5. The van der Waals surface area contributed by atoms with Gasteiger partial charge in [-0.05, 0) is 30.7 Å². The van der Waals surface area contributed by atoms with Gasteiger partial charge in [-0.15, -0.1) is 0 Å². The zero-order chi connectivity index (χ0) is 9.52. The summed E-state index contributed by atoms with van der Waals surface area (Å²) in [5.74, 6) is 0.848. The van der Waals surface area contributed by atoms with Crippen molar-refractivity contribution >= 4 is 15.9 Å². The fourth-order valence-electron chi connectivity index (χ4n) is 0.872. The molecule has 0 aromatic heterocycles. The Bertz CT molecular complexity index is 238. The highest BCUT2D eigenvalue weighted by molar-refractivity contribution is 9.10. The third-order valence-corrected chi connectivity index (χ3v) is 2.04. The standard InChI is InChI=1S/C9H12BrNO2/c10-8-2-4-9(5-3-8)13-7-1-6-11-12/h2-5,11-12H,1,6-7H2. The Hall–Kier alpha value is -0.580. The van der Waals surface area contributed by atoms with E-state index in [-0.39, 0.29) is 0 Å². The molecule has 0 saturated carbocycles. The molecule has 0 fully saturated rings. The highest BCUT2D eigenvalue weighted by Crippen LogP contribution is 2.15. The second kappa shape index (κ2) is 5.96. The summed E-state index contributed by atoms with van der Waals surface area (Å²) in [6.45, 7) is 1.16. The molecule has 4 heteroatoms. The van der Waals surface area contributed by atoms with Gasteiger partial charge in [0.15, 0.2) is 0 Å². The maximum absolute atomic E-state index is 8.29. The van der Waals surface area contributed by atoms with Crippen LogP contribution in [0.25, 0.3) is 0 Å². The molecule has 0 atom stereocenters. The first-order chi connectivity index (χ1) is 6.33. The normalized spacial score (nSPS) is 10.0. The smallest absolute Gasteiger partial charge is 0.119 e. The Morgan fingerprint density at radius 3 is 2.62 bits per heavy atom. The number of halogens is 1. The molecule has 0 radical (unpaired) electrons. The van der Waals surface area contributed by atoms with Crippen LogP contribution in [0.3, 0.4) is 0 Å². The van der Waals surface area contributed by atoms with Gasteiger partial charge >= 0.3 is 0 Å². The molecule has 1 aromatic carbocycles. The number of hydrogen-bond acceptors (Lipinski definition) is 3. The molecule has 0 aliphatic rings. The minimum atomic E-state index is 0.552. The molecule has 0 bridgehead atoms. The summed E-state index contributed by atoms with van der Waals surface area (Å²) in [5.41, 5.74) is 2.08. The van der Waals surface area contributed by atoms with E-state index in [4.69, 9.17) is 9.94 Å². The molecule has 72 valence electrons. The summed E-state index contributed by atoms with van der Waals surface area (Å²) in [7, 11) is 0. The first-order valence-corrected chi connectivity index (χ1v) is 4.87. The summed E-state index contributed by atoms with van der Waals surface area (Å²) >= 11 is 3.34. The summed E-state index contributed by atoms with van der Waals surface area (Å²) in [4.78, 5) is 0. The number of nitrogens with one attached hydrogen (secondary N) is 1. The van der Waals surface area contributed by atoms with Crippen LogP contribution in [0.1, 0.15) is 6.42 Å². The third-order valence-electron chi connectivity index (χ3n) is 1.52. The van der Waals surface area contributed by atoms with Crippen LogP contribution in [0.5, 0.6) is 5.75 Å². The van der Waals surface area contributed by atoms with E-state index in [1.54, 1.807) is 0 Å². The fraction of sp³-hybridized carbons (Fsp3) is 0.333. The van der Waals surface area contributed by atoms with Crippen LogP contribution < -0.4 is 10.2 Å². The maximum atomic E-state index is 8.29. The number of ether oxygens (including phenoxy) is 1. The zero-order valence-electron chi connectivity index (χ0n) is 7.16. The van der Waals surface area contributed by atoms with Crippen molar-refractivity contribution in [1.29, 1.82) is 0 Å². The SMILES string of the molecule is ONCCCOc1ccc(Br)cc1. The average molecular weight is 246 g/mol. The molecule has 0 aliphatic heterocycles. The second-order valence-corrected chi connectivity index (χ2v) is 3.48. The molecule has 13 heavy (non-hydrogen) atoms. The highest BCUT2D eigenvalue weighted by Gasteiger charge is 1.92. The highest BCUT2D eigenvalue weighted by atomic mass is 79.9. The van der Waals surface area contributed by atoms with Gasteiger partial charge in [0.2, 0.25) is 0 Å². The Kier molecular flexibility index (Phi) is 4.82. The van der Waals surface area contributed by atoms with Crippen LogP contribution in [0.2, 0.25) is 0 Å². The first-order valence-electron chi connectivity index (χ1n) is 4.08. The van der Waals surface area contributed by atoms with Gasteiger partial charge in [-0.2, -0.15) is 0 Å². The van der Waals surface area contributed by atoms with Gasteiger partial charge in [0.05, 0.1) is 6.61 Å². The molecular weight excluding hydrogens is 234 g/mol. The third kappa shape index (κ3) is 4.26. The summed E-state index contributed by atoms with van der Waals surface area (Å²) in [6, 6.07) is 7.66. The lowest BCUT2D eigenvalue weighted by molar-refractivity contribution is 0.157. The Morgan fingerprint density at radius 2 is 2.00 bits per heavy atom. The molecule has 2 N–H and O–H groups in total. The van der Waals surface area contributed by atoms with Crippen LogP contribution >= 0.6 is 15.9 Å². The van der Waals surface area contributed by atoms with Crippen molar-refractivity contribution in [3.8, 4) is 5.75 Å². The average Bonchev–Trinajstić information content (AvgIpc) is 2.15. The number of benzene rings is 1. The van der Waals surface area contributed by atoms with Crippen molar-refractivity contribution in [2.24, 2.45) is 0 Å². The summed E-state index contributed by atoms with van der Waals surface area (Å²) in [6.07, 6.45) is 0.784. The molecule has 0 unspecified atom stereocenters. The molecular formula is C9H12BrNO2. The van der Waals surface area contributed by atoms with Crippen molar-refractivity contribution in [2.45, 2.75) is 6.42 Å². The molecule has 0 amide bonds. The van der Waals surface area contributed by atoms with E-state index in [2.05, 4.69) is 21.4 Å². The molecule has 0 saturated heterocycles. The molecule has 0 spiro atoms. The predicted molar refractivity (Wildman–Crippen MR) is 54.0 cm³/mol. The van der Waals surface area contributed by atoms with Crippen molar-refractivity contribution in [3.05, 3.63) is 28.7 Å². The van der Waals surface area contributed by atoms with Crippen LogP contribution in [-0.4, -0.2) is 18.4 Å². The van der Waals surface area contributed by atoms with E-state index >= 15 is 0 Å². The Balaban J connectivity index is 2.25. The molecule has 1 aromatic rings. The quantitative estimate of drug-likeness (QED) is 0.618. The second-order valence-electron chi connectivity index (χ2n) is 2.56. The maximum Gasteiger partial charge on any atom is 0.119 e. The monoisotopic (exact) mass is 245 g/mol.